The van der Waals surface area contributed by atoms with Crippen LogP contribution in [0.25, 0.3) is 0 Å². The zero-order valence-corrected chi connectivity index (χ0v) is 11.2. The van der Waals surface area contributed by atoms with Crippen molar-refractivity contribution in [3.05, 3.63) is 36.4 Å². The second-order valence-electron chi connectivity index (χ2n) is 3.58. The van der Waals surface area contributed by atoms with Crippen LogP contribution in [0, 0.1) is 0 Å². The molecule has 0 amide bonds. The molecular formula is C14H19NO4. The number of aliphatic carboxylic acids is 1. The zero-order valence-electron chi connectivity index (χ0n) is 11.2. The number of carbonyl (C=O) groups excluding carboxylic acids is 1. The Labute approximate surface area is 112 Å². The van der Waals surface area contributed by atoms with Crippen LogP contribution in [0.3, 0.4) is 0 Å². The average Bonchev–Trinajstić information content (AvgIpc) is 2.41. The van der Waals surface area contributed by atoms with Crippen molar-refractivity contribution < 1.29 is 19.8 Å². The van der Waals surface area contributed by atoms with Crippen molar-refractivity contribution in [3.63, 3.8) is 0 Å². The van der Waals surface area contributed by atoms with E-state index in [9.17, 15) is 14.7 Å². The van der Waals surface area contributed by atoms with Crippen LogP contribution in [0.5, 0.6) is 5.75 Å². The average molecular weight is 265 g/mol. The number of aromatic hydroxyl groups is 1. The van der Waals surface area contributed by atoms with E-state index in [4.69, 9.17) is 5.11 Å². The summed E-state index contributed by atoms with van der Waals surface area (Å²) < 4.78 is 0. The van der Waals surface area contributed by atoms with Gasteiger partial charge in [0.25, 0.3) is 0 Å². The number of carboxylic acid groups (broad SMARTS) is 1. The molecule has 0 fully saturated rings. The number of carbonyl (C=O) groups is 2. The zero-order chi connectivity index (χ0) is 14.8. The van der Waals surface area contributed by atoms with Gasteiger partial charge in [-0.05, 0) is 26.0 Å². The normalized spacial score (nSPS) is 8.95. The van der Waals surface area contributed by atoms with Crippen molar-refractivity contribution >= 4 is 17.9 Å². The van der Waals surface area contributed by atoms with Crippen molar-refractivity contribution in [3.8, 4) is 5.75 Å². The number of hydrogen-bond donors (Lipinski definition) is 2. The first-order valence-electron chi connectivity index (χ1n) is 5.88. The molecule has 0 atom stereocenters. The van der Waals surface area contributed by atoms with Gasteiger partial charge in [-0.25, -0.2) is 4.79 Å². The summed E-state index contributed by atoms with van der Waals surface area (Å²) in [6.07, 6.45) is 1.49. The molecule has 0 aliphatic rings. The molecule has 104 valence electrons. The largest absolute Gasteiger partial charge is 0.507 e. The van der Waals surface area contributed by atoms with Gasteiger partial charge in [0, 0.05) is 30.9 Å². The highest BCUT2D eigenvalue weighted by molar-refractivity contribution is 5.80. The highest BCUT2D eigenvalue weighted by atomic mass is 16.4. The van der Waals surface area contributed by atoms with Crippen molar-refractivity contribution in [2.24, 2.45) is 0 Å². The van der Waals surface area contributed by atoms with E-state index in [1.54, 1.807) is 12.1 Å². The Morgan fingerprint density at radius 3 is 2.21 bits per heavy atom. The second-order valence-corrected chi connectivity index (χ2v) is 3.58. The first-order chi connectivity index (χ1) is 8.99. The van der Waals surface area contributed by atoms with E-state index in [2.05, 4.69) is 11.5 Å². The predicted octanol–water partition coefficient (Wildman–Crippen LogP) is 2.31. The lowest BCUT2D eigenvalue weighted by molar-refractivity contribution is -0.131. The van der Waals surface area contributed by atoms with Gasteiger partial charge >= 0.3 is 5.97 Å². The lowest BCUT2D eigenvalue weighted by atomic mass is 10.2. The summed E-state index contributed by atoms with van der Waals surface area (Å²) in [6, 6.07) is 5.10. The number of anilines is 1. The molecule has 1 rings (SSSR count). The highest BCUT2D eigenvalue weighted by Gasteiger charge is 2.05. The highest BCUT2D eigenvalue weighted by Crippen LogP contribution is 2.23. The predicted molar refractivity (Wildman–Crippen MR) is 74.9 cm³/mol. The maximum absolute atomic E-state index is 10.5. The fourth-order valence-electron chi connectivity index (χ4n) is 1.42. The molecule has 0 heterocycles. The number of hydrogen-bond acceptors (Lipinski definition) is 4. The monoisotopic (exact) mass is 265 g/mol. The topological polar surface area (TPSA) is 77.8 Å². The molecule has 0 saturated heterocycles. The fourth-order valence-corrected chi connectivity index (χ4v) is 1.42. The number of carboxylic acids is 1. The number of rotatable bonds is 5. The Hall–Kier alpha value is -2.30. The van der Waals surface area contributed by atoms with Crippen molar-refractivity contribution in [2.75, 3.05) is 18.0 Å². The smallest absolute Gasteiger partial charge is 0.327 e. The minimum Gasteiger partial charge on any atom is -0.507 e. The van der Waals surface area contributed by atoms with Crippen LogP contribution in [0.4, 0.5) is 5.69 Å². The molecule has 2 N–H and O–H groups in total. The van der Waals surface area contributed by atoms with Crippen LogP contribution in [0.1, 0.15) is 24.2 Å². The van der Waals surface area contributed by atoms with E-state index in [0.29, 0.717) is 11.8 Å². The van der Waals surface area contributed by atoms with Gasteiger partial charge in [-0.3, -0.25) is 4.79 Å². The minimum absolute atomic E-state index is 0.0457. The maximum atomic E-state index is 10.5. The van der Waals surface area contributed by atoms with Gasteiger partial charge in [0.2, 0.25) is 0 Å². The summed E-state index contributed by atoms with van der Waals surface area (Å²) >= 11 is 0. The van der Waals surface area contributed by atoms with Crippen molar-refractivity contribution in [1.82, 2.24) is 0 Å². The summed E-state index contributed by atoms with van der Waals surface area (Å²) in [5.41, 5.74) is 1.28. The van der Waals surface area contributed by atoms with E-state index in [-0.39, 0.29) is 5.75 Å². The molecule has 1 aromatic rings. The summed E-state index contributed by atoms with van der Waals surface area (Å²) in [4.78, 5) is 21.8. The molecule has 19 heavy (non-hydrogen) atoms. The number of phenols is 1. The van der Waals surface area contributed by atoms with E-state index in [1.807, 2.05) is 19.9 Å². The SMILES string of the molecule is C=CC(=O)O.CCN(CC)c1ccc(C=O)c(O)c1. The third-order valence-corrected chi connectivity index (χ3v) is 2.44. The third kappa shape index (κ3) is 5.72. The molecule has 0 aliphatic carbocycles. The first kappa shape index (κ1) is 16.7. The van der Waals surface area contributed by atoms with E-state index >= 15 is 0 Å². The van der Waals surface area contributed by atoms with Crippen LogP contribution >= 0.6 is 0 Å². The van der Waals surface area contributed by atoms with Gasteiger partial charge in [0.05, 0.1) is 5.56 Å². The molecule has 0 spiro atoms. The van der Waals surface area contributed by atoms with Gasteiger partial charge in [0.1, 0.15) is 5.75 Å². The Kier molecular flexibility index (Phi) is 7.68. The molecule has 0 unspecified atom stereocenters. The molecule has 5 heteroatoms. The van der Waals surface area contributed by atoms with Crippen molar-refractivity contribution in [1.29, 1.82) is 0 Å². The number of aldehydes is 1. The van der Waals surface area contributed by atoms with Gasteiger partial charge < -0.3 is 15.1 Å². The molecule has 0 saturated carbocycles. The summed E-state index contributed by atoms with van der Waals surface area (Å²) in [5, 5.41) is 17.1. The molecule has 1 aromatic carbocycles. The van der Waals surface area contributed by atoms with E-state index < -0.39 is 5.97 Å². The van der Waals surface area contributed by atoms with Crippen LogP contribution in [-0.4, -0.2) is 35.6 Å². The minimum atomic E-state index is -0.981. The second kappa shape index (κ2) is 8.74. The summed E-state index contributed by atoms with van der Waals surface area (Å²) in [6.45, 7) is 8.83. The fraction of sp³-hybridized carbons (Fsp3) is 0.286. The molecule has 5 nitrogen and oxygen atoms in total. The third-order valence-electron chi connectivity index (χ3n) is 2.44. The molecule has 0 aromatic heterocycles. The maximum Gasteiger partial charge on any atom is 0.327 e. The summed E-state index contributed by atoms with van der Waals surface area (Å²) in [5.74, 6) is -0.936. The Morgan fingerprint density at radius 1 is 1.37 bits per heavy atom. The van der Waals surface area contributed by atoms with Crippen LogP contribution in [0.2, 0.25) is 0 Å². The number of nitrogens with zero attached hydrogens (tertiary/aromatic N) is 1. The summed E-state index contributed by atoms with van der Waals surface area (Å²) in [7, 11) is 0. The molecule has 0 bridgehead atoms. The van der Waals surface area contributed by atoms with Gasteiger partial charge in [0.15, 0.2) is 6.29 Å². The lowest BCUT2D eigenvalue weighted by Crippen LogP contribution is -2.21. The van der Waals surface area contributed by atoms with Crippen LogP contribution < -0.4 is 4.90 Å². The van der Waals surface area contributed by atoms with Gasteiger partial charge in [-0.15, -0.1) is 0 Å². The van der Waals surface area contributed by atoms with Gasteiger partial charge in [-0.2, -0.15) is 0 Å². The number of benzene rings is 1. The standard InChI is InChI=1S/C11H15NO2.C3H4O2/c1-3-12(4-2)10-6-5-9(8-13)11(14)7-10;1-2-3(4)5/h5-8,14H,3-4H2,1-2H3;2H,1H2,(H,4,5). The van der Waals surface area contributed by atoms with Gasteiger partial charge in [-0.1, -0.05) is 6.58 Å². The van der Waals surface area contributed by atoms with Crippen LogP contribution in [-0.2, 0) is 4.79 Å². The Balaban J connectivity index is 0.000000555. The Bertz CT molecular complexity index is 439. The Morgan fingerprint density at radius 2 is 1.89 bits per heavy atom. The van der Waals surface area contributed by atoms with E-state index in [0.717, 1.165) is 24.9 Å². The first-order valence-corrected chi connectivity index (χ1v) is 5.88. The van der Waals surface area contributed by atoms with Crippen molar-refractivity contribution in [2.45, 2.75) is 13.8 Å². The quantitative estimate of drug-likeness (QED) is 0.631. The van der Waals surface area contributed by atoms with E-state index in [1.165, 1.54) is 0 Å². The van der Waals surface area contributed by atoms with Crippen LogP contribution in [0.15, 0.2) is 30.9 Å². The molecule has 0 aliphatic heterocycles. The molecular weight excluding hydrogens is 246 g/mol. The lowest BCUT2D eigenvalue weighted by Gasteiger charge is -2.21. The molecule has 0 radical (unpaired) electrons. The number of phenolic OH excluding ortho intramolecular Hbond substituents is 1.